The highest BCUT2D eigenvalue weighted by atomic mass is 32.2. The van der Waals surface area contributed by atoms with Gasteiger partial charge in [0.05, 0.1) is 11.1 Å². The van der Waals surface area contributed by atoms with E-state index >= 15 is 0 Å². The van der Waals surface area contributed by atoms with Gasteiger partial charge in [0, 0.05) is 0 Å². The second-order valence-corrected chi connectivity index (χ2v) is 4.31. The number of nitrogens with zero attached hydrogens (tertiary/aromatic N) is 1. The van der Waals surface area contributed by atoms with Gasteiger partial charge in [-0.1, -0.05) is 17.7 Å². The fourth-order valence-electron chi connectivity index (χ4n) is 0.876. The van der Waals surface area contributed by atoms with E-state index in [4.69, 9.17) is 0 Å². The summed E-state index contributed by atoms with van der Waals surface area (Å²) >= 11 is 0. The van der Waals surface area contributed by atoms with Crippen LogP contribution in [-0.2, 0) is 14.8 Å². The number of carbonyl (C=O) groups is 1. The zero-order valence-electron chi connectivity index (χ0n) is 7.54. The molecule has 1 rings (SSSR count). The molecule has 5 heteroatoms. The van der Waals surface area contributed by atoms with Crippen LogP contribution in [0.3, 0.4) is 0 Å². The van der Waals surface area contributed by atoms with Gasteiger partial charge in [-0.3, -0.25) is 4.79 Å². The van der Waals surface area contributed by atoms with Crippen LogP contribution in [0.4, 0.5) is 0 Å². The summed E-state index contributed by atoms with van der Waals surface area (Å²) in [5.74, 6) is 0. The van der Waals surface area contributed by atoms with Crippen LogP contribution in [0.1, 0.15) is 5.56 Å². The summed E-state index contributed by atoms with van der Waals surface area (Å²) in [5.41, 5.74) is 0.961. The number of rotatable bonds is 3. The first kappa shape index (κ1) is 10.6. The second-order valence-electron chi connectivity index (χ2n) is 2.68. The van der Waals surface area contributed by atoms with Crippen molar-refractivity contribution in [1.82, 2.24) is 0 Å². The molecule has 0 radical (unpaired) electrons. The molecular formula is C9H9NO3S. The summed E-state index contributed by atoms with van der Waals surface area (Å²) in [6.07, 6.45) is 1.04. The van der Waals surface area contributed by atoms with Crippen molar-refractivity contribution in [3.05, 3.63) is 29.8 Å². The molecule has 0 saturated carbocycles. The van der Waals surface area contributed by atoms with Crippen molar-refractivity contribution in [2.24, 2.45) is 4.40 Å². The molecule has 0 aromatic heterocycles. The quantitative estimate of drug-likeness (QED) is 0.552. The molecule has 0 N–H and O–H groups in total. The minimum absolute atomic E-state index is 0.0844. The third-order valence-corrected chi connectivity index (χ3v) is 2.85. The van der Waals surface area contributed by atoms with Gasteiger partial charge in [-0.2, -0.15) is 12.8 Å². The molecule has 0 bridgehead atoms. The molecule has 0 atom stereocenters. The number of aryl methyl sites for hydroxylation is 1. The van der Waals surface area contributed by atoms with E-state index in [9.17, 15) is 13.2 Å². The van der Waals surface area contributed by atoms with Crippen LogP contribution in [0.25, 0.3) is 0 Å². The summed E-state index contributed by atoms with van der Waals surface area (Å²) in [5, 5.41) is 0. The predicted octanol–water partition coefficient (Wildman–Crippen LogP) is 0.953. The van der Waals surface area contributed by atoms with E-state index in [2.05, 4.69) is 4.40 Å². The summed E-state index contributed by atoms with van der Waals surface area (Å²) in [7, 11) is -3.70. The van der Waals surface area contributed by atoms with Crippen LogP contribution in [0.2, 0.25) is 0 Å². The van der Waals surface area contributed by atoms with Crippen molar-refractivity contribution in [3.8, 4) is 0 Å². The Labute approximate surface area is 82.3 Å². The average Bonchev–Trinajstić information content (AvgIpc) is 2.16. The zero-order valence-corrected chi connectivity index (χ0v) is 8.36. The molecule has 0 saturated heterocycles. The van der Waals surface area contributed by atoms with Gasteiger partial charge in [0.2, 0.25) is 0 Å². The van der Waals surface area contributed by atoms with Gasteiger partial charge in [0.25, 0.3) is 10.0 Å². The molecule has 0 aliphatic carbocycles. The first-order valence-electron chi connectivity index (χ1n) is 3.87. The molecule has 1 aromatic rings. The van der Waals surface area contributed by atoms with E-state index in [-0.39, 0.29) is 4.90 Å². The lowest BCUT2D eigenvalue weighted by molar-refractivity contribution is -0.102. The molecule has 0 fully saturated rings. The number of hydrogen-bond acceptors (Lipinski definition) is 3. The van der Waals surface area contributed by atoms with Crippen molar-refractivity contribution < 1.29 is 13.2 Å². The van der Waals surface area contributed by atoms with Gasteiger partial charge in [-0.15, -0.1) is 0 Å². The lowest BCUT2D eigenvalue weighted by atomic mass is 10.2. The van der Waals surface area contributed by atoms with Crippen molar-refractivity contribution in [3.63, 3.8) is 0 Å². The van der Waals surface area contributed by atoms with E-state index in [0.29, 0.717) is 6.29 Å². The molecule has 14 heavy (non-hydrogen) atoms. The Morgan fingerprint density at radius 1 is 1.21 bits per heavy atom. The molecule has 1 aromatic carbocycles. The molecule has 0 unspecified atom stereocenters. The molecular weight excluding hydrogens is 202 g/mol. The summed E-state index contributed by atoms with van der Waals surface area (Å²) in [6.45, 7) is 1.85. The molecule has 0 heterocycles. The third-order valence-electron chi connectivity index (χ3n) is 1.58. The molecule has 4 nitrogen and oxygen atoms in total. The first-order chi connectivity index (χ1) is 6.56. The first-order valence-corrected chi connectivity index (χ1v) is 5.31. The van der Waals surface area contributed by atoms with Gasteiger partial charge in [0.15, 0.2) is 6.29 Å². The number of benzene rings is 1. The lowest BCUT2D eigenvalue weighted by Gasteiger charge is -1.97. The van der Waals surface area contributed by atoms with Crippen LogP contribution in [0.5, 0.6) is 0 Å². The lowest BCUT2D eigenvalue weighted by Crippen LogP contribution is -1.97. The van der Waals surface area contributed by atoms with E-state index in [1.165, 1.54) is 12.1 Å². The fourth-order valence-corrected chi connectivity index (χ4v) is 1.69. The normalized spacial score (nSPS) is 11.8. The Morgan fingerprint density at radius 3 is 2.29 bits per heavy atom. The van der Waals surface area contributed by atoms with Crippen molar-refractivity contribution >= 4 is 22.5 Å². The number of hydrogen-bond donors (Lipinski definition) is 0. The van der Waals surface area contributed by atoms with Gasteiger partial charge in [-0.25, -0.2) is 0 Å². The van der Waals surface area contributed by atoms with Crippen LogP contribution in [0, 0.1) is 6.92 Å². The average molecular weight is 211 g/mol. The topological polar surface area (TPSA) is 63.6 Å². The van der Waals surface area contributed by atoms with E-state index in [0.717, 1.165) is 11.8 Å². The van der Waals surface area contributed by atoms with Crippen molar-refractivity contribution in [2.75, 3.05) is 0 Å². The van der Waals surface area contributed by atoms with Crippen LogP contribution in [0.15, 0.2) is 33.6 Å². The highest BCUT2D eigenvalue weighted by molar-refractivity contribution is 7.90. The maximum atomic E-state index is 11.3. The summed E-state index contributed by atoms with van der Waals surface area (Å²) in [4.78, 5) is 10.0. The standard InChI is InChI=1S/C9H9NO3S/c1-8-2-4-9(5-3-8)14(12,13)10-6-7-11/h2-7H,1H3. The van der Waals surface area contributed by atoms with Crippen molar-refractivity contribution in [2.45, 2.75) is 11.8 Å². The van der Waals surface area contributed by atoms with Gasteiger partial charge < -0.3 is 0 Å². The maximum Gasteiger partial charge on any atom is 0.282 e. The molecule has 0 aliphatic heterocycles. The molecule has 0 aliphatic rings. The Kier molecular flexibility index (Phi) is 3.14. The number of carbonyl (C=O) groups excluding carboxylic acids is 1. The minimum Gasteiger partial charge on any atom is -0.297 e. The Bertz CT molecular complexity index is 445. The Hall–Kier alpha value is -1.49. The third kappa shape index (κ3) is 2.50. The van der Waals surface area contributed by atoms with E-state index < -0.39 is 10.0 Å². The second kappa shape index (κ2) is 4.15. The minimum atomic E-state index is -3.70. The zero-order chi connectivity index (χ0) is 10.6. The number of aldehydes is 1. The molecule has 0 amide bonds. The highest BCUT2D eigenvalue weighted by Gasteiger charge is 2.09. The largest absolute Gasteiger partial charge is 0.297 e. The van der Waals surface area contributed by atoms with Crippen LogP contribution >= 0.6 is 0 Å². The highest BCUT2D eigenvalue weighted by Crippen LogP contribution is 2.12. The van der Waals surface area contributed by atoms with E-state index in [1.807, 2.05) is 6.92 Å². The van der Waals surface area contributed by atoms with Crippen LogP contribution in [-0.4, -0.2) is 20.9 Å². The smallest absolute Gasteiger partial charge is 0.282 e. The van der Waals surface area contributed by atoms with Gasteiger partial charge >= 0.3 is 0 Å². The van der Waals surface area contributed by atoms with Gasteiger partial charge in [-0.05, 0) is 19.1 Å². The summed E-state index contributed by atoms with van der Waals surface area (Å²) in [6, 6.07) is 6.24. The Balaban J connectivity index is 3.11. The predicted molar refractivity (Wildman–Crippen MR) is 52.9 cm³/mol. The monoisotopic (exact) mass is 211 g/mol. The fraction of sp³-hybridized carbons (Fsp3) is 0.111. The molecule has 0 spiro atoms. The van der Waals surface area contributed by atoms with Crippen LogP contribution < -0.4 is 0 Å². The van der Waals surface area contributed by atoms with Crippen molar-refractivity contribution in [1.29, 1.82) is 0 Å². The summed E-state index contributed by atoms with van der Waals surface area (Å²) < 4.78 is 25.8. The number of sulfonamides is 1. The maximum absolute atomic E-state index is 11.3. The van der Waals surface area contributed by atoms with Gasteiger partial charge in [0.1, 0.15) is 0 Å². The Morgan fingerprint density at radius 2 is 1.79 bits per heavy atom. The SMILES string of the molecule is Cc1ccc(S(=O)(=O)N=CC=O)cc1. The molecule has 74 valence electrons. The van der Waals surface area contributed by atoms with E-state index in [1.54, 1.807) is 12.1 Å².